The van der Waals surface area contributed by atoms with Gasteiger partial charge in [-0.1, -0.05) is 42.7 Å². The number of ether oxygens (including phenoxy) is 1. The molecular formula is C22H30N2O2S. The van der Waals surface area contributed by atoms with Gasteiger partial charge in [-0.25, -0.2) is 4.98 Å². The normalized spacial score (nSPS) is 19.6. The Morgan fingerprint density at radius 2 is 1.81 bits per heavy atom. The molecule has 5 heteroatoms. The van der Waals surface area contributed by atoms with Gasteiger partial charge in [0, 0.05) is 32.4 Å². The Morgan fingerprint density at radius 1 is 1.11 bits per heavy atom. The highest BCUT2D eigenvalue weighted by atomic mass is 32.1. The number of benzene rings is 1. The summed E-state index contributed by atoms with van der Waals surface area (Å²) < 4.78 is 7.42. The van der Waals surface area contributed by atoms with E-state index in [9.17, 15) is 4.79 Å². The van der Waals surface area contributed by atoms with Crippen molar-refractivity contribution < 1.29 is 9.53 Å². The third-order valence-corrected chi connectivity index (χ3v) is 7.25. The van der Waals surface area contributed by atoms with Crippen molar-refractivity contribution in [2.24, 2.45) is 5.92 Å². The molecule has 0 spiro atoms. The second-order valence-electron chi connectivity index (χ2n) is 8.26. The van der Waals surface area contributed by atoms with Crippen LogP contribution in [0.5, 0.6) is 5.19 Å². The monoisotopic (exact) mass is 386 g/mol. The number of carbonyl (C=O) groups is 1. The largest absolute Gasteiger partial charge is 0.467 e. The Balaban J connectivity index is 1.31. The van der Waals surface area contributed by atoms with Crippen LogP contribution in [0.1, 0.15) is 62.5 Å². The van der Waals surface area contributed by atoms with Crippen molar-refractivity contribution in [3.63, 3.8) is 0 Å². The van der Waals surface area contributed by atoms with E-state index in [1.165, 1.54) is 47.9 Å². The molecular weight excluding hydrogens is 356 g/mol. The molecule has 0 atom stereocenters. The lowest BCUT2D eigenvalue weighted by molar-refractivity contribution is -0.134. The average Bonchev–Trinajstić information content (AvgIpc) is 3.11. The van der Waals surface area contributed by atoms with Gasteiger partial charge in [-0.2, -0.15) is 0 Å². The SMILES string of the molecule is Cc1ccc(C)c2sc(OC3CCN(C(=O)CC4CCCCC4)CC3)nc12. The summed E-state index contributed by atoms with van der Waals surface area (Å²) in [7, 11) is 0. The van der Waals surface area contributed by atoms with Crippen LogP contribution in [0.3, 0.4) is 0 Å². The van der Waals surface area contributed by atoms with Crippen LogP contribution < -0.4 is 4.74 Å². The number of carbonyl (C=O) groups excluding carboxylic acids is 1. The maximum atomic E-state index is 12.6. The van der Waals surface area contributed by atoms with E-state index < -0.39 is 0 Å². The topological polar surface area (TPSA) is 42.4 Å². The Labute approximate surface area is 165 Å². The number of amides is 1. The van der Waals surface area contributed by atoms with Gasteiger partial charge in [0.2, 0.25) is 5.91 Å². The molecule has 27 heavy (non-hydrogen) atoms. The van der Waals surface area contributed by atoms with Gasteiger partial charge in [0.05, 0.1) is 10.2 Å². The molecule has 2 heterocycles. The summed E-state index contributed by atoms with van der Waals surface area (Å²) in [5, 5.41) is 0.773. The fourth-order valence-corrected chi connectivity index (χ4v) is 5.45. The van der Waals surface area contributed by atoms with Gasteiger partial charge in [0.1, 0.15) is 6.10 Å². The molecule has 1 saturated carbocycles. The fourth-order valence-electron chi connectivity index (χ4n) is 4.42. The van der Waals surface area contributed by atoms with E-state index in [4.69, 9.17) is 9.72 Å². The number of fused-ring (bicyclic) bond motifs is 1. The first-order valence-electron chi connectivity index (χ1n) is 10.4. The van der Waals surface area contributed by atoms with Crippen LogP contribution in [0.15, 0.2) is 12.1 Å². The zero-order valence-corrected chi connectivity index (χ0v) is 17.3. The van der Waals surface area contributed by atoms with Crippen molar-refractivity contribution in [1.82, 2.24) is 9.88 Å². The number of aryl methyl sites for hydroxylation is 2. The molecule has 1 aliphatic carbocycles. The Hall–Kier alpha value is -1.62. The van der Waals surface area contributed by atoms with Gasteiger partial charge < -0.3 is 9.64 Å². The first kappa shape index (κ1) is 18.7. The molecule has 1 saturated heterocycles. The molecule has 0 N–H and O–H groups in total. The molecule has 1 aromatic carbocycles. The number of likely N-dealkylation sites (tertiary alicyclic amines) is 1. The van der Waals surface area contributed by atoms with Gasteiger partial charge in [-0.05, 0) is 43.7 Å². The smallest absolute Gasteiger partial charge is 0.274 e. The number of thiazole rings is 1. The molecule has 4 nitrogen and oxygen atoms in total. The summed E-state index contributed by atoms with van der Waals surface area (Å²) in [4.78, 5) is 19.4. The number of aromatic nitrogens is 1. The molecule has 2 aromatic rings. The van der Waals surface area contributed by atoms with Crippen LogP contribution in [0.25, 0.3) is 10.2 Å². The summed E-state index contributed by atoms with van der Waals surface area (Å²) in [6.07, 6.45) is 9.16. The highest BCUT2D eigenvalue weighted by Crippen LogP contribution is 2.34. The minimum Gasteiger partial charge on any atom is -0.467 e. The number of piperidine rings is 1. The molecule has 2 fully saturated rings. The predicted octanol–water partition coefficient (Wildman–Crippen LogP) is 5.25. The van der Waals surface area contributed by atoms with E-state index >= 15 is 0 Å². The minimum absolute atomic E-state index is 0.171. The maximum Gasteiger partial charge on any atom is 0.274 e. The summed E-state index contributed by atoms with van der Waals surface area (Å²) in [6.45, 7) is 5.86. The van der Waals surface area contributed by atoms with E-state index in [2.05, 4.69) is 30.9 Å². The van der Waals surface area contributed by atoms with Crippen molar-refractivity contribution in [3.05, 3.63) is 23.3 Å². The molecule has 146 valence electrons. The Morgan fingerprint density at radius 3 is 2.52 bits per heavy atom. The average molecular weight is 387 g/mol. The summed E-state index contributed by atoms with van der Waals surface area (Å²) in [5.41, 5.74) is 3.52. The van der Waals surface area contributed by atoms with Crippen molar-refractivity contribution in [1.29, 1.82) is 0 Å². The molecule has 1 amide bonds. The molecule has 1 aromatic heterocycles. The van der Waals surface area contributed by atoms with Gasteiger partial charge in [-0.15, -0.1) is 0 Å². The van der Waals surface area contributed by atoms with Crippen molar-refractivity contribution in [2.45, 2.75) is 71.3 Å². The third kappa shape index (κ3) is 4.29. The lowest BCUT2D eigenvalue weighted by Crippen LogP contribution is -2.42. The lowest BCUT2D eigenvalue weighted by Gasteiger charge is -2.33. The van der Waals surface area contributed by atoms with Crippen LogP contribution >= 0.6 is 11.3 Å². The van der Waals surface area contributed by atoms with Crippen LogP contribution in [0.4, 0.5) is 0 Å². The number of nitrogens with zero attached hydrogens (tertiary/aromatic N) is 2. The van der Waals surface area contributed by atoms with Crippen LogP contribution in [-0.2, 0) is 4.79 Å². The van der Waals surface area contributed by atoms with E-state index in [1.54, 1.807) is 11.3 Å². The summed E-state index contributed by atoms with van der Waals surface area (Å²) in [5.74, 6) is 0.973. The van der Waals surface area contributed by atoms with E-state index in [0.29, 0.717) is 11.8 Å². The molecule has 0 radical (unpaired) electrons. The van der Waals surface area contributed by atoms with Crippen LogP contribution in [0, 0.1) is 19.8 Å². The molecule has 2 aliphatic rings. The zero-order chi connectivity index (χ0) is 18.8. The van der Waals surface area contributed by atoms with E-state index in [0.717, 1.165) is 43.1 Å². The highest BCUT2D eigenvalue weighted by molar-refractivity contribution is 7.20. The highest BCUT2D eigenvalue weighted by Gasteiger charge is 2.27. The molecule has 4 rings (SSSR count). The second kappa shape index (κ2) is 8.17. The molecule has 0 unspecified atom stereocenters. The van der Waals surface area contributed by atoms with Crippen molar-refractivity contribution >= 4 is 27.5 Å². The Kier molecular flexibility index (Phi) is 5.67. The summed E-state index contributed by atoms with van der Waals surface area (Å²) >= 11 is 1.65. The van der Waals surface area contributed by atoms with E-state index in [-0.39, 0.29) is 6.10 Å². The van der Waals surface area contributed by atoms with Crippen molar-refractivity contribution in [2.75, 3.05) is 13.1 Å². The zero-order valence-electron chi connectivity index (χ0n) is 16.5. The van der Waals surface area contributed by atoms with E-state index in [1.807, 2.05) is 0 Å². The molecule has 0 bridgehead atoms. The van der Waals surface area contributed by atoms with Crippen molar-refractivity contribution in [3.8, 4) is 5.19 Å². The summed E-state index contributed by atoms with van der Waals surface area (Å²) in [6, 6.07) is 4.27. The molecule has 1 aliphatic heterocycles. The first-order valence-corrected chi connectivity index (χ1v) is 11.2. The van der Waals surface area contributed by atoms with Crippen LogP contribution in [0.2, 0.25) is 0 Å². The Bertz CT molecular complexity index is 763. The van der Waals surface area contributed by atoms with Gasteiger partial charge in [0.25, 0.3) is 5.19 Å². The fraction of sp³-hybridized carbons (Fsp3) is 0.636. The number of hydrogen-bond acceptors (Lipinski definition) is 4. The number of hydrogen-bond donors (Lipinski definition) is 0. The maximum absolute atomic E-state index is 12.6. The standard InChI is InChI=1S/C22H30N2O2S/c1-15-8-9-16(2)21-20(15)23-22(27-21)26-18-10-12-24(13-11-18)19(25)14-17-6-4-3-5-7-17/h8-9,17-18H,3-7,10-14H2,1-2H3. The van der Waals surface area contributed by atoms with Gasteiger partial charge in [0.15, 0.2) is 0 Å². The van der Waals surface area contributed by atoms with Gasteiger partial charge >= 0.3 is 0 Å². The first-order chi connectivity index (χ1) is 13.1. The quantitative estimate of drug-likeness (QED) is 0.720. The number of rotatable bonds is 4. The minimum atomic E-state index is 0.171. The predicted molar refractivity (Wildman–Crippen MR) is 111 cm³/mol. The van der Waals surface area contributed by atoms with Crippen LogP contribution in [-0.4, -0.2) is 35.0 Å². The lowest BCUT2D eigenvalue weighted by atomic mass is 9.86. The second-order valence-corrected chi connectivity index (χ2v) is 9.22. The van der Waals surface area contributed by atoms with Gasteiger partial charge in [-0.3, -0.25) is 4.79 Å². The third-order valence-electron chi connectivity index (χ3n) is 6.17.